The maximum atomic E-state index is 10.8. The van der Waals surface area contributed by atoms with E-state index in [4.69, 9.17) is 5.11 Å². The molecule has 6 nitrogen and oxygen atoms in total. The fourth-order valence-electron chi connectivity index (χ4n) is 0.623. The molecule has 0 saturated heterocycles. The van der Waals surface area contributed by atoms with Crippen LogP contribution in [0.1, 0.15) is 12.8 Å². The van der Waals surface area contributed by atoms with Gasteiger partial charge in [-0.05, 0) is 18.3 Å². The van der Waals surface area contributed by atoms with Crippen LogP contribution in [0.3, 0.4) is 0 Å². The maximum absolute atomic E-state index is 10.8. The van der Waals surface area contributed by atoms with E-state index in [0.717, 1.165) is 12.2 Å². The minimum Gasteiger partial charge on any atom is -0.868 e. The van der Waals surface area contributed by atoms with Gasteiger partial charge in [-0.3, -0.25) is 4.79 Å². The highest BCUT2D eigenvalue weighted by Gasteiger charge is 1.96. The molecule has 0 aromatic carbocycles. The SMILES string of the molecule is O=C([O-])CCC(=O)/C=C/C=C(\[O-])C(=O)O. The molecule has 0 aliphatic rings. The molecule has 1 N–H and O–H groups in total. The Balaban J connectivity index is 4.07. The van der Waals surface area contributed by atoms with E-state index in [1.165, 1.54) is 0 Å². The summed E-state index contributed by atoms with van der Waals surface area (Å²) in [5, 5.41) is 28.6. The molecule has 0 aromatic rings. The Kier molecular flexibility index (Phi) is 5.47. The van der Waals surface area contributed by atoms with Gasteiger partial charge in [0.1, 0.15) is 0 Å². The normalized spacial score (nSPS) is 11.6. The van der Waals surface area contributed by atoms with Crippen molar-refractivity contribution in [3.8, 4) is 0 Å². The monoisotopic (exact) mass is 212 g/mol. The lowest BCUT2D eigenvalue weighted by Gasteiger charge is -2.01. The fourth-order valence-corrected chi connectivity index (χ4v) is 0.623. The van der Waals surface area contributed by atoms with Gasteiger partial charge < -0.3 is 20.1 Å². The largest absolute Gasteiger partial charge is 0.868 e. The summed E-state index contributed by atoms with van der Waals surface area (Å²) in [5.41, 5.74) is 0. The summed E-state index contributed by atoms with van der Waals surface area (Å²) in [6.45, 7) is 0. The molecule has 0 rings (SSSR count). The topological polar surface area (TPSA) is 118 Å². The zero-order chi connectivity index (χ0) is 11.8. The van der Waals surface area contributed by atoms with E-state index in [2.05, 4.69) is 0 Å². The highest BCUT2D eigenvalue weighted by molar-refractivity contribution is 5.92. The van der Waals surface area contributed by atoms with Gasteiger partial charge in [0.05, 0.1) is 0 Å². The molecule has 0 aliphatic carbocycles. The quantitative estimate of drug-likeness (QED) is 0.308. The molecule has 0 heterocycles. The van der Waals surface area contributed by atoms with Gasteiger partial charge in [-0.25, -0.2) is 4.79 Å². The van der Waals surface area contributed by atoms with Gasteiger partial charge in [0.15, 0.2) is 5.78 Å². The van der Waals surface area contributed by atoms with Gasteiger partial charge in [0.2, 0.25) is 0 Å². The van der Waals surface area contributed by atoms with Crippen LogP contribution in [0.2, 0.25) is 0 Å². The average molecular weight is 212 g/mol. The Labute approximate surface area is 85.1 Å². The van der Waals surface area contributed by atoms with Crippen molar-refractivity contribution in [2.45, 2.75) is 12.8 Å². The number of rotatable bonds is 6. The van der Waals surface area contributed by atoms with Crippen molar-refractivity contribution in [2.75, 3.05) is 0 Å². The first-order valence-corrected chi connectivity index (χ1v) is 3.95. The molecule has 15 heavy (non-hydrogen) atoms. The standard InChI is InChI=1S/C9H10O6/c10-6(4-5-8(12)13)2-1-3-7(11)9(14)15/h1-3,11H,4-5H2,(H,12,13)(H,14,15)/p-2/b2-1+,7-3-. The van der Waals surface area contributed by atoms with Crippen molar-refractivity contribution < 1.29 is 29.7 Å². The van der Waals surface area contributed by atoms with Crippen molar-refractivity contribution >= 4 is 17.7 Å². The van der Waals surface area contributed by atoms with Crippen molar-refractivity contribution in [1.29, 1.82) is 0 Å². The highest BCUT2D eigenvalue weighted by Crippen LogP contribution is 1.92. The van der Waals surface area contributed by atoms with Crippen LogP contribution < -0.4 is 10.2 Å². The molecule has 0 aromatic heterocycles. The van der Waals surface area contributed by atoms with Crippen LogP contribution in [-0.4, -0.2) is 22.8 Å². The van der Waals surface area contributed by atoms with Crippen molar-refractivity contribution in [3.63, 3.8) is 0 Å². The first-order valence-electron chi connectivity index (χ1n) is 3.95. The Morgan fingerprint density at radius 3 is 2.20 bits per heavy atom. The predicted molar refractivity (Wildman–Crippen MR) is 44.1 cm³/mol. The third-order valence-electron chi connectivity index (χ3n) is 1.32. The number of carbonyl (C=O) groups excluding carboxylic acids is 2. The Hall–Kier alpha value is -2.11. The number of carbonyl (C=O) groups is 3. The van der Waals surface area contributed by atoms with E-state index in [1.54, 1.807) is 0 Å². The van der Waals surface area contributed by atoms with Crippen LogP contribution in [0.5, 0.6) is 0 Å². The third-order valence-corrected chi connectivity index (χ3v) is 1.32. The van der Waals surface area contributed by atoms with Crippen molar-refractivity contribution in [1.82, 2.24) is 0 Å². The smallest absolute Gasteiger partial charge is 0.320 e. The minimum absolute atomic E-state index is 0.242. The molecular formula is C9H8O6-2. The van der Waals surface area contributed by atoms with E-state index in [1.807, 2.05) is 0 Å². The van der Waals surface area contributed by atoms with E-state index >= 15 is 0 Å². The Morgan fingerprint density at radius 1 is 1.13 bits per heavy atom. The number of carboxylic acids is 2. The molecule has 0 saturated carbocycles. The average Bonchev–Trinajstić information content (AvgIpc) is 2.14. The maximum Gasteiger partial charge on any atom is 0.320 e. The van der Waals surface area contributed by atoms with Gasteiger partial charge >= 0.3 is 5.97 Å². The summed E-state index contributed by atoms with van der Waals surface area (Å²) in [5.74, 6) is -4.64. The van der Waals surface area contributed by atoms with Crippen LogP contribution in [0.4, 0.5) is 0 Å². The summed E-state index contributed by atoms with van der Waals surface area (Å²) in [6, 6.07) is 0. The lowest BCUT2D eigenvalue weighted by Crippen LogP contribution is -2.22. The van der Waals surface area contributed by atoms with Gasteiger partial charge in [0, 0.05) is 12.4 Å². The van der Waals surface area contributed by atoms with Crippen LogP contribution in [0.25, 0.3) is 0 Å². The number of allylic oxidation sites excluding steroid dienone is 3. The second-order valence-corrected chi connectivity index (χ2v) is 2.53. The van der Waals surface area contributed by atoms with Crippen LogP contribution in [-0.2, 0) is 14.4 Å². The van der Waals surface area contributed by atoms with E-state index in [9.17, 15) is 24.6 Å². The summed E-state index contributed by atoms with van der Waals surface area (Å²) < 4.78 is 0. The molecular weight excluding hydrogens is 204 g/mol. The Bertz CT molecular complexity index is 325. The molecule has 0 aliphatic heterocycles. The van der Waals surface area contributed by atoms with Gasteiger partial charge in [-0.1, -0.05) is 12.2 Å². The molecule has 0 fully saturated rings. The third kappa shape index (κ3) is 7.00. The number of aliphatic carboxylic acids is 2. The molecule has 0 unspecified atom stereocenters. The minimum atomic E-state index is -1.62. The van der Waals surface area contributed by atoms with Crippen molar-refractivity contribution in [3.05, 3.63) is 24.0 Å². The Morgan fingerprint density at radius 2 is 1.73 bits per heavy atom. The van der Waals surface area contributed by atoms with E-state index in [0.29, 0.717) is 6.08 Å². The van der Waals surface area contributed by atoms with Gasteiger partial charge in [-0.2, -0.15) is 0 Å². The fraction of sp³-hybridized carbons (Fsp3) is 0.222. The zero-order valence-corrected chi connectivity index (χ0v) is 7.63. The predicted octanol–water partition coefficient (Wildman–Crippen LogP) is -2.03. The van der Waals surface area contributed by atoms with Gasteiger partial charge in [0.25, 0.3) is 0 Å². The summed E-state index contributed by atoms with van der Waals surface area (Å²) in [7, 11) is 0. The number of hydrogen-bond acceptors (Lipinski definition) is 5. The van der Waals surface area contributed by atoms with Crippen molar-refractivity contribution in [2.24, 2.45) is 0 Å². The highest BCUT2D eigenvalue weighted by atomic mass is 16.4. The molecule has 82 valence electrons. The second-order valence-electron chi connectivity index (χ2n) is 2.53. The molecule has 6 heteroatoms. The number of carboxylic acid groups (broad SMARTS) is 2. The lowest BCUT2D eigenvalue weighted by molar-refractivity contribution is -0.305. The summed E-state index contributed by atoms with van der Waals surface area (Å²) >= 11 is 0. The summed E-state index contributed by atoms with van der Waals surface area (Å²) in [6.07, 6.45) is 1.96. The lowest BCUT2D eigenvalue weighted by atomic mass is 10.2. The molecule has 0 radical (unpaired) electrons. The van der Waals surface area contributed by atoms with Gasteiger partial charge in [-0.15, -0.1) is 0 Å². The first kappa shape index (κ1) is 12.9. The number of hydrogen-bond donors (Lipinski definition) is 1. The number of ketones is 1. The van der Waals surface area contributed by atoms with E-state index < -0.39 is 29.9 Å². The second kappa shape index (κ2) is 6.36. The van der Waals surface area contributed by atoms with Crippen LogP contribution in [0, 0.1) is 0 Å². The first-order chi connectivity index (χ1) is 6.93. The molecule has 0 amide bonds. The molecule has 0 bridgehead atoms. The molecule has 0 atom stereocenters. The summed E-state index contributed by atoms with van der Waals surface area (Å²) in [4.78, 5) is 30.8. The molecule has 0 spiro atoms. The van der Waals surface area contributed by atoms with Crippen LogP contribution >= 0.6 is 0 Å². The van der Waals surface area contributed by atoms with Crippen LogP contribution in [0.15, 0.2) is 24.0 Å². The zero-order valence-electron chi connectivity index (χ0n) is 7.63. The van der Waals surface area contributed by atoms with E-state index in [-0.39, 0.29) is 6.42 Å².